The van der Waals surface area contributed by atoms with Gasteiger partial charge in [0.1, 0.15) is 6.54 Å². The number of anilines is 1. The molecule has 1 aromatic heterocycles. The Bertz CT molecular complexity index is 892. The highest BCUT2D eigenvalue weighted by molar-refractivity contribution is 7.09. The third-order valence-electron chi connectivity index (χ3n) is 4.17. The Hall–Kier alpha value is -3.00. The summed E-state index contributed by atoms with van der Waals surface area (Å²) in [6, 6.07) is 10.1. The van der Waals surface area contributed by atoms with Crippen LogP contribution in [0.15, 0.2) is 41.8 Å². The van der Waals surface area contributed by atoms with E-state index >= 15 is 0 Å². The molecular formula is C19H19N3O4S. The van der Waals surface area contributed by atoms with Crippen LogP contribution in [0.25, 0.3) is 0 Å². The maximum absolute atomic E-state index is 12.4. The molecule has 0 spiro atoms. The summed E-state index contributed by atoms with van der Waals surface area (Å²) < 4.78 is 0. The van der Waals surface area contributed by atoms with Crippen LogP contribution in [0.4, 0.5) is 10.5 Å². The van der Waals surface area contributed by atoms with Gasteiger partial charge in [0.15, 0.2) is 0 Å². The minimum atomic E-state index is -0.984. The molecule has 8 heteroatoms. The van der Waals surface area contributed by atoms with Gasteiger partial charge < -0.3 is 5.32 Å². The highest BCUT2D eigenvalue weighted by atomic mass is 32.1. The average Bonchev–Trinajstić information content (AvgIpc) is 3.21. The number of carbonyl (C=O) groups is 4. The molecule has 0 bridgehead atoms. The van der Waals surface area contributed by atoms with E-state index in [4.69, 9.17) is 0 Å². The molecule has 1 saturated heterocycles. The minimum absolute atomic E-state index is 0.0234. The normalized spacial score (nSPS) is 14.4. The second-order valence-electron chi connectivity index (χ2n) is 6.47. The predicted octanol–water partition coefficient (Wildman–Crippen LogP) is 2.80. The highest BCUT2D eigenvalue weighted by Crippen LogP contribution is 2.20. The van der Waals surface area contributed by atoms with Crippen LogP contribution in [0.5, 0.6) is 0 Å². The molecule has 140 valence electrons. The van der Waals surface area contributed by atoms with Gasteiger partial charge in [-0.15, -0.1) is 11.3 Å². The summed E-state index contributed by atoms with van der Waals surface area (Å²) in [4.78, 5) is 51.2. The Morgan fingerprint density at radius 2 is 1.81 bits per heavy atom. The van der Waals surface area contributed by atoms with E-state index in [9.17, 15) is 19.2 Å². The van der Waals surface area contributed by atoms with Gasteiger partial charge in [-0.25, -0.2) is 9.69 Å². The number of amides is 5. The van der Waals surface area contributed by atoms with Gasteiger partial charge in [-0.2, -0.15) is 0 Å². The molecular weight excluding hydrogens is 366 g/mol. The number of nitrogens with one attached hydrogen (secondary N) is 1. The zero-order valence-electron chi connectivity index (χ0n) is 15.0. The van der Waals surface area contributed by atoms with Crippen molar-refractivity contribution in [3.05, 3.63) is 52.2 Å². The van der Waals surface area contributed by atoms with E-state index in [0.29, 0.717) is 16.5 Å². The van der Waals surface area contributed by atoms with Crippen molar-refractivity contribution in [3.8, 4) is 0 Å². The molecule has 0 saturated carbocycles. The third-order valence-corrected chi connectivity index (χ3v) is 5.03. The monoisotopic (exact) mass is 385 g/mol. The number of carbonyl (C=O) groups excluding carboxylic acids is 4. The van der Waals surface area contributed by atoms with E-state index < -0.39 is 30.3 Å². The van der Waals surface area contributed by atoms with Gasteiger partial charge in [-0.1, -0.05) is 32.0 Å². The highest BCUT2D eigenvalue weighted by Gasteiger charge is 2.45. The fourth-order valence-corrected chi connectivity index (χ4v) is 3.40. The van der Waals surface area contributed by atoms with Gasteiger partial charge in [0.05, 0.1) is 6.54 Å². The quantitative estimate of drug-likeness (QED) is 0.612. The van der Waals surface area contributed by atoms with Crippen LogP contribution in [0.1, 0.15) is 30.2 Å². The summed E-state index contributed by atoms with van der Waals surface area (Å²) in [7, 11) is 0. The third kappa shape index (κ3) is 4.06. The van der Waals surface area contributed by atoms with E-state index in [1.807, 2.05) is 37.4 Å². The zero-order chi connectivity index (χ0) is 19.6. The predicted molar refractivity (Wildman–Crippen MR) is 101 cm³/mol. The first-order chi connectivity index (χ1) is 12.9. The first kappa shape index (κ1) is 18.8. The molecule has 2 aromatic rings. The minimum Gasteiger partial charge on any atom is -0.325 e. The average molecular weight is 385 g/mol. The lowest BCUT2D eigenvalue weighted by Crippen LogP contribution is -2.38. The van der Waals surface area contributed by atoms with Crippen molar-refractivity contribution in [1.82, 2.24) is 9.80 Å². The van der Waals surface area contributed by atoms with Gasteiger partial charge in [0.2, 0.25) is 5.91 Å². The summed E-state index contributed by atoms with van der Waals surface area (Å²) in [5.74, 6) is -2.14. The molecule has 1 fully saturated rings. The van der Waals surface area contributed by atoms with Gasteiger partial charge in [-0.3, -0.25) is 19.3 Å². The molecule has 1 N–H and O–H groups in total. The lowest BCUT2D eigenvalue weighted by molar-refractivity contribution is -0.143. The molecule has 0 aliphatic carbocycles. The second-order valence-corrected chi connectivity index (χ2v) is 7.51. The van der Waals surface area contributed by atoms with Crippen molar-refractivity contribution in [3.63, 3.8) is 0 Å². The fraction of sp³-hybridized carbons (Fsp3) is 0.263. The number of thiophene rings is 1. The Labute approximate surface area is 160 Å². The molecule has 2 heterocycles. The van der Waals surface area contributed by atoms with Crippen molar-refractivity contribution >= 4 is 40.8 Å². The number of hydrogen-bond donors (Lipinski definition) is 1. The molecule has 0 unspecified atom stereocenters. The summed E-state index contributed by atoms with van der Waals surface area (Å²) in [5.41, 5.74) is 1.63. The lowest BCUT2D eigenvalue weighted by Gasteiger charge is -2.15. The maximum atomic E-state index is 12.4. The summed E-state index contributed by atoms with van der Waals surface area (Å²) in [6.07, 6.45) is 0. The Balaban J connectivity index is 1.66. The maximum Gasteiger partial charge on any atom is 0.335 e. The van der Waals surface area contributed by atoms with E-state index in [0.717, 1.165) is 15.3 Å². The van der Waals surface area contributed by atoms with Gasteiger partial charge >= 0.3 is 17.8 Å². The topological polar surface area (TPSA) is 86.8 Å². The van der Waals surface area contributed by atoms with Crippen molar-refractivity contribution in [2.75, 3.05) is 11.9 Å². The molecule has 1 aromatic carbocycles. The smallest absolute Gasteiger partial charge is 0.325 e. The Kier molecular flexibility index (Phi) is 5.36. The summed E-state index contributed by atoms with van der Waals surface area (Å²) in [6.45, 7) is 3.60. The van der Waals surface area contributed by atoms with Crippen LogP contribution in [0.2, 0.25) is 0 Å². The SMILES string of the molecule is CC(C)c1cccc(NC(=O)CN2C(=O)C(=O)N(Cc3cccs3)C2=O)c1. The van der Waals surface area contributed by atoms with Gasteiger partial charge in [0, 0.05) is 10.6 Å². The summed E-state index contributed by atoms with van der Waals surface area (Å²) >= 11 is 1.38. The van der Waals surface area contributed by atoms with Crippen molar-refractivity contribution in [2.24, 2.45) is 0 Å². The number of imide groups is 2. The molecule has 27 heavy (non-hydrogen) atoms. The van der Waals surface area contributed by atoms with Crippen molar-refractivity contribution in [2.45, 2.75) is 26.3 Å². The molecule has 7 nitrogen and oxygen atoms in total. The van der Waals surface area contributed by atoms with E-state index in [2.05, 4.69) is 5.32 Å². The van der Waals surface area contributed by atoms with E-state index in [1.54, 1.807) is 18.2 Å². The Morgan fingerprint density at radius 1 is 1.07 bits per heavy atom. The van der Waals surface area contributed by atoms with Crippen LogP contribution >= 0.6 is 11.3 Å². The molecule has 0 atom stereocenters. The molecule has 0 radical (unpaired) electrons. The summed E-state index contributed by atoms with van der Waals surface area (Å²) in [5, 5.41) is 4.49. The van der Waals surface area contributed by atoms with Crippen LogP contribution < -0.4 is 5.32 Å². The molecule has 1 aliphatic rings. The molecule has 3 rings (SSSR count). The van der Waals surface area contributed by atoms with Crippen molar-refractivity contribution < 1.29 is 19.2 Å². The standard InChI is InChI=1S/C19H19N3O4S/c1-12(2)13-5-3-6-14(9-13)20-16(23)11-22-18(25)17(24)21(19(22)26)10-15-7-4-8-27-15/h3-9,12H,10-11H2,1-2H3,(H,20,23). The first-order valence-corrected chi connectivity index (χ1v) is 9.34. The number of urea groups is 1. The van der Waals surface area contributed by atoms with Crippen molar-refractivity contribution in [1.29, 1.82) is 0 Å². The number of benzene rings is 1. The first-order valence-electron chi connectivity index (χ1n) is 8.46. The molecule has 1 aliphatic heterocycles. The van der Waals surface area contributed by atoms with Gasteiger partial charge in [0.25, 0.3) is 0 Å². The Morgan fingerprint density at radius 3 is 2.48 bits per heavy atom. The fourth-order valence-electron chi connectivity index (χ4n) is 2.71. The number of hydrogen-bond acceptors (Lipinski definition) is 5. The zero-order valence-corrected chi connectivity index (χ0v) is 15.8. The van der Waals surface area contributed by atoms with Gasteiger partial charge in [-0.05, 0) is 35.1 Å². The molecule has 5 amide bonds. The second kappa shape index (κ2) is 7.71. The number of nitrogens with zero attached hydrogens (tertiary/aromatic N) is 2. The van der Waals surface area contributed by atoms with E-state index in [-0.39, 0.29) is 6.54 Å². The number of rotatable bonds is 6. The van der Waals surface area contributed by atoms with Crippen LogP contribution in [0.3, 0.4) is 0 Å². The van der Waals surface area contributed by atoms with E-state index in [1.165, 1.54) is 11.3 Å². The lowest BCUT2D eigenvalue weighted by atomic mass is 10.0. The van der Waals surface area contributed by atoms with Crippen LogP contribution in [-0.2, 0) is 20.9 Å². The largest absolute Gasteiger partial charge is 0.335 e. The van der Waals surface area contributed by atoms with Crippen LogP contribution in [-0.4, -0.2) is 40.1 Å². The van der Waals surface area contributed by atoms with Crippen LogP contribution in [0, 0.1) is 0 Å².